The Hall–Kier alpha value is -1.63. The quantitative estimate of drug-likeness (QED) is 0.747. The summed E-state index contributed by atoms with van der Waals surface area (Å²) in [5.74, 6) is -0.896. The van der Waals surface area contributed by atoms with E-state index < -0.39 is 18.0 Å². The molecule has 2 amide bonds. The first-order chi connectivity index (χ1) is 8.56. The Balaban J connectivity index is 1.79. The lowest BCUT2D eigenvalue weighted by Gasteiger charge is -2.13. The molecule has 1 aliphatic carbocycles. The zero-order valence-corrected chi connectivity index (χ0v) is 10.8. The lowest BCUT2D eigenvalue weighted by Crippen LogP contribution is -2.47. The van der Waals surface area contributed by atoms with Crippen molar-refractivity contribution in [2.45, 2.75) is 32.4 Å². The van der Waals surface area contributed by atoms with Gasteiger partial charge in [-0.15, -0.1) is 11.3 Å². The van der Waals surface area contributed by atoms with Gasteiger partial charge in [0.05, 0.1) is 17.2 Å². The van der Waals surface area contributed by atoms with E-state index in [1.165, 1.54) is 11.3 Å². The summed E-state index contributed by atoms with van der Waals surface area (Å²) in [4.78, 5) is 26.7. The standard InChI is InChI=1S/C11H15N3O3S/c1-6-13-8(5-18-6)4-12-11(17)14-9(10(15)16)7-2-3-7/h5,7,9H,2-4H2,1H3,(H,15,16)(H2,12,14,17). The summed E-state index contributed by atoms with van der Waals surface area (Å²) < 4.78 is 0. The second-order valence-electron chi connectivity index (χ2n) is 4.34. The zero-order valence-electron chi connectivity index (χ0n) is 9.97. The highest BCUT2D eigenvalue weighted by molar-refractivity contribution is 7.09. The maximum atomic E-state index is 11.6. The number of rotatable bonds is 5. The predicted molar refractivity (Wildman–Crippen MR) is 66.4 cm³/mol. The van der Waals surface area contributed by atoms with Crippen LogP contribution in [0.25, 0.3) is 0 Å². The molecule has 2 rings (SSSR count). The molecule has 1 saturated carbocycles. The van der Waals surface area contributed by atoms with Crippen LogP contribution >= 0.6 is 11.3 Å². The van der Waals surface area contributed by atoms with E-state index in [9.17, 15) is 9.59 Å². The van der Waals surface area contributed by atoms with Crippen LogP contribution in [-0.2, 0) is 11.3 Å². The van der Waals surface area contributed by atoms with Gasteiger partial charge in [-0.1, -0.05) is 0 Å². The minimum absolute atomic E-state index is 0.0785. The first kappa shape index (κ1) is 12.8. The molecule has 0 saturated heterocycles. The molecule has 0 aliphatic heterocycles. The summed E-state index contributed by atoms with van der Waals surface area (Å²) in [5.41, 5.74) is 0.783. The van der Waals surface area contributed by atoms with E-state index in [0.717, 1.165) is 23.5 Å². The first-order valence-corrected chi connectivity index (χ1v) is 6.62. The van der Waals surface area contributed by atoms with Crippen LogP contribution in [0.15, 0.2) is 5.38 Å². The summed E-state index contributed by atoms with van der Waals surface area (Å²) in [5, 5.41) is 16.9. The van der Waals surface area contributed by atoms with Gasteiger partial charge in [0.25, 0.3) is 0 Å². The highest BCUT2D eigenvalue weighted by Gasteiger charge is 2.37. The summed E-state index contributed by atoms with van der Waals surface area (Å²) in [6.07, 6.45) is 1.73. The van der Waals surface area contributed by atoms with E-state index in [2.05, 4.69) is 15.6 Å². The number of carbonyl (C=O) groups excluding carboxylic acids is 1. The molecule has 1 aromatic heterocycles. The highest BCUT2D eigenvalue weighted by atomic mass is 32.1. The number of urea groups is 1. The topological polar surface area (TPSA) is 91.3 Å². The molecule has 6 nitrogen and oxygen atoms in total. The molecule has 0 aromatic carbocycles. The smallest absolute Gasteiger partial charge is 0.326 e. The zero-order chi connectivity index (χ0) is 13.1. The fraction of sp³-hybridized carbons (Fsp3) is 0.545. The summed E-state index contributed by atoms with van der Waals surface area (Å²) in [7, 11) is 0. The minimum Gasteiger partial charge on any atom is -0.480 e. The molecule has 18 heavy (non-hydrogen) atoms. The highest BCUT2D eigenvalue weighted by Crippen LogP contribution is 2.32. The molecule has 3 N–H and O–H groups in total. The van der Waals surface area contributed by atoms with Crippen molar-refractivity contribution < 1.29 is 14.7 Å². The van der Waals surface area contributed by atoms with E-state index in [1.54, 1.807) is 0 Å². The fourth-order valence-electron chi connectivity index (χ4n) is 1.66. The number of aryl methyl sites for hydroxylation is 1. The van der Waals surface area contributed by atoms with Crippen molar-refractivity contribution in [2.75, 3.05) is 0 Å². The third-order valence-corrected chi connectivity index (χ3v) is 3.57. The molecule has 1 unspecified atom stereocenters. The van der Waals surface area contributed by atoms with E-state index in [1.807, 2.05) is 12.3 Å². The van der Waals surface area contributed by atoms with Gasteiger partial charge in [-0.3, -0.25) is 0 Å². The van der Waals surface area contributed by atoms with Crippen LogP contribution in [0.2, 0.25) is 0 Å². The Morgan fingerprint density at radius 1 is 1.61 bits per heavy atom. The molecule has 1 fully saturated rings. The van der Waals surface area contributed by atoms with Crippen LogP contribution in [0.1, 0.15) is 23.5 Å². The summed E-state index contributed by atoms with van der Waals surface area (Å²) in [6.45, 7) is 2.20. The van der Waals surface area contributed by atoms with Gasteiger partial charge in [0.15, 0.2) is 0 Å². The number of aromatic nitrogens is 1. The average molecular weight is 269 g/mol. The summed E-state index contributed by atoms with van der Waals surface area (Å²) >= 11 is 1.51. The third-order valence-electron chi connectivity index (χ3n) is 2.74. The molecule has 1 aromatic rings. The number of amides is 2. The summed E-state index contributed by atoms with van der Waals surface area (Å²) in [6, 6.07) is -1.23. The maximum Gasteiger partial charge on any atom is 0.326 e. The number of aliphatic carboxylic acids is 1. The number of nitrogens with zero attached hydrogens (tertiary/aromatic N) is 1. The molecule has 98 valence electrons. The first-order valence-electron chi connectivity index (χ1n) is 5.74. The van der Waals surface area contributed by atoms with Crippen LogP contribution in [-0.4, -0.2) is 28.1 Å². The predicted octanol–water partition coefficient (Wildman–Crippen LogP) is 1.11. The largest absolute Gasteiger partial charge is 0.480 e. The molecule has 1 atom stereocenters. The average Bonchev–Trinajstić information content (AvgIpc) is 3.06. The Morgan fingerprint density at radius 2 is 2.33 bits per heavy atom. The van der Waals surface area contributed by atoms with Gasteiger partial charge in [-0.2, -0.15) is 0 Å². The number of hydrogen-bond acceptors (Lipinski definition) is 4. The number of nitrogens with one attached hydrogen (secondary N) is 2. The van der Waals surface area contributed by atoms with Crippen molar-refractivity contribution in [2.24, 2.45) is 5.92 Å². The number of thiazole rings is 1. The van der Waals surface area contributed by atoms with Crippen molar-refractivity contribution in [3.8, 4) is 0 Å². The molecule has 1 heterocycles. The van der Waals surface area contributed by atoms with Gasteiger partial charge >= 0.3 is 12.0 Å². The van der Waals surface area contributed by atoms with Gasteiger partial charge in [-0.05, 0) is 25.7 Å². The van der Waals surface area contributed by atoms with Crippen LogP contribution in [0.5, 0.6) is 0 Å². The van der Waals surface area contributed by atoms with E-state index in [0.29, 0.717) is 6.54 Å². The molecule has 0 spiro atoms. The van der Waals surface area contributed by atoms with Crippen molar-refractivity contribution in [1.82, 2.24) is 15.6 Å². The Kier molecular flexibility index (Phi) is 3.81. The van der Waals surface area contributed by atoms with Crippen LogP contribution < -0.4 is 10.6 Å². The van der Waals surface area contributed by atoms with Gasteiger partial charge < -0.3 is 15.7 Å². The normalized spacial score (nSPS) is 16.1. The maximum absolute atomic E-state index is 11.6. The van der Waals surface area contributed by atoms with E-state index >= 15 is 0 Å². The fourth-order valence-corrected chi connectivity index (χ4v) is 2.28. The lowest BCUT2D eigenvalue weighted by atomic mass is 10.2. The molecule has 7 heteroatoms. The molecular formula is C11H15N3O3S. The Labute approximate surface area is 108 Å². The van der Waals surface area contributed by atoms with Crippen LogP contribution in [0, 0.1) is 12.8 Å². The third kappa shape index (κ3) is 3.43. The van der Waals surface area contributed by atoms with Crippen molar-refractivity contribution in [3.63, 3.8) is 0 Å². The van der Waals surface area contributed by atoms with Crippen LogP contribution in [0.3, 0.4) is 0 Å². The Morgan fingerprint density at radius 3 is 2.83 bits per heavy atom. The number of carboxylic acid groups (broad SMARTS) is 1. The van der Waals surface area contributed by atoms with Gasteiger partial charge in [0, 0.05) is 5.38 Å². The second kappa shape index (κ2) is 5.34. The van der Waals surface area contributed by atoms with E-state index in [4.69, 9.17) is 5.11 Å². The van der Waals surface area contributed by atoms with Gasteiger partial charge in [0.2, 0.25) is 0 Å². The van der Waals surface area contributed by atoms with Gasteiger partial charge in [-0.25, -0.2) is 14.6 Å². The van der Waals surface area contributed by atoms with Crippen molar-refractivity contribution in [1.29, 1.82) is 0 Å². The van der Waals surface area contributed by atoms with Crippen LogP contribution in [0.4, 0.5) is 4.79 Å². The molecule has 0 radical (unpaired) electrons. The molecular weight excluding hydrogens is 254 g/mol. The SMILES string of the molecule is Cc1nc(CNC(=O)NC(C(=O)O)C2CC2)cs1. The van der Waals surface area contributed by atoms with E-state index in [-0.39, 0.29) is 5.92 Å². The molecule has 0 bridgehead atoms. The molecule has 1 aliphatic rings. The monoisotopic (exact) mass is 269 g/mol. The minimum atomic E-state index is -0.975. The van der Waals surface area contributed by atoms with Gasteiger partial charge in [0.1, 0.15) is 6.04 Å². The second-order valence-corrected chi connectivity index (χ2v) is 5.40. The van der Waals surface area contributed by atoms with Crippen molar-refractivity contribution >= 4 is 23.3 Å². The number of carboxylic acids is 1. The lowest BCUT2D eigenvalue weighted by molar-refractivity contribution is -0.139. The number of carbonyl (C=O) groups is 2. The Bertz CT molecular complexity index is 456. The van der Waals surface area contributed by atoms with Crippen molar-refractivity contribution in [3.05, 3.63) is 16.1 Å². The number of hydrogen-bond donors (Lipinski definition) is 3.